The normalized spacial score (nSPS) is 11.3. The molecule has 7 heteroatoms. The number of carbonyl (C=O) groups is 1. The Balaban J connectivity index is 1.56. The Morgan fingerprint density at radius 1 is 0.929 bits per heavy atom. The predicted octanol–water partition coefficient (Wildman–Crippen LogP) is 5.01. The molecular formula is C21H20N4OS2. The standard InChI is InChI=1S/C21H20N4OS2/c1-15(20(26)25-19-12-5-6-13-22-19)28-18-11-7-10-17(14-18)24-21(27)23-16-8-3-2-4-9-16/h2-15H,1H3,(H,22,25,26)(H2,23,24,27). The zero-order valence-corrected chi connectivity index (χ0v) is 16.9. The summed E-state index contributed by atoms with van der Waals surface area (Å²) in [6, 6.07) is 22.9. The third-order valence-electron chi connectivity index (χ3n) is 3.72. The lowest BCUT2D eigenvalue weighted by Gasteiger charge is -2.14. The first-order valence-corrected chi connectivity index (χ1v) is 10.0. The van der Waals surface area contributed by atoms with E-state index in [1.165, 1.54) is 11.8 Å². The molecule has 0 saturated heterocycles. The number of rotatable bonds is 6. The van der Waals surface area contributed by atoms with Gasteiger partial charge in [-0.05, 0) is 61.6 Å². The maximum absolute atomic E-state index is 12.4. The average Bonchev–Trinajstić information content (AvgIpc) is 2.69. The molecule has 3 N–H and O–H groups in total. The molecular weight excluding hydrogens is 388 g/mol. The number of anilines is 3. The second kappa shape index (κ2) is 9.87. The van der Waals surface area contributed by atoms with Crippen molar-refractivity contribution < 1.29 is 4.79 Å². The number of para-hydroxylation sites is 1. The van der Waals surface area contributed by atoms with Crippen LogP contribution in [0.1, 0.15) is 6.92 Å². The highest BCUT2D eigenvalue weighted by atomic mass is 32.2. The SMILES string of the molecule is CC(Sc1cccc(NC(=S)Nc2ccccc2)c1)C(=O)Nc1ccccn1. The minimum absolute atomic E-state index is 0.0941. The largest absolute Gasteiger partial charge is 0.332 e. The highest BCUT2D eigenvalue weighted by Crippen LogP contribution is 2.26. The van der Waals surface area contributed by atoms with Gasteiger partial charge in [-0.2, -0.15) is 0 Å². The number of pyridine rings is 1. The monoisotopic (exact) mass is 408 g/mol. The van der Waals surface area contributed by atoms with Crippen molar-refractivity contribution in [2.45, 2.75) is 17.1 Å². The zero-order chi connectivity index (χ0) is 19.8. The molecule has 0 bridgehead atoms. The van der Waals surface area contributed by atoms with E-state index in [1.54, 1.807) is 12.3 Å². The minimum Gasteiger partial charge on any atom is -0.332 e. The molecule has 1 heterocycles. The number of benzene rings is 2. The average molecular weight is 409 g/mol. The van der Waals surface area contributed by atoms with E-state index in [9.17, 15) is 4.79 Å². The van der Waals surface area contributed by atoms with E-state index >= 15 is 0 Å². The Morgan fingerprint density at radius 2 is 1.64 bits per heavy atom. The molecule has 0 aliphatic heterocycles. The van der Waals surface area contributed by atoms with Crippen LogP contribution in [-0.2, 0) is 4.79 Å². The fourth-order valence-corrected chi connectivity index (χ4v) is 3.55. The van der Waals surface area contributed by atoms with Gasteiger partial charge in [0, 0.05) is 22.5 Å². The summed E-state index contributed by atoms with van der Waals surface area (Å²) >= 11 is 6.84. The summed E-state index contributed by atoms with van der Waals surface area (Å²) in [6.45, 7) is 1.87. The first-order valence-electron chi connectivity index (χ1n) is 8.72. The molecule has 1 aromatic heterocycles. The van der Waals surface area contributed by atoms with Crippen molar-refractivity contribution in [2.24, 2.45) is 0 Å². The summed E-state index contributed by atoms with van der Waals surface area (Å²) in [6.07, 6.45) is 1.65. The van der Waals surface area contributed by atoms with Gasteiger partial charge in [-0.3, -0.25) is 4.79 Å². The van der Waals surface area contributed by atoms with E-state index in [2.05, 4.69) is 20.9 Å². The summed E-state index contributed by atoms with van der Waals surface area (Å²) in [5.41, 5.74) is 1.78. The van der Waals surface area contributed by atoms with Crippen LogP contribution in [0.3, 0.4) is 0 Å². The van der Waals surface area contributed by atoms with Crippen molar-refractivity contribution >= 4 is 52.2 Å². The first kappa shape index (κ1) is 19.9. The van der Waals surface area contributed by atoms with Gasteiger partial charge < -0.3 is 16.0 Å². The van der Waals surface area contributed by atoms with Gasteiger partial charge in [0.1, 0.15) is 5.82 Å². The van der Waals surface area contributed by atoms with Gasteiger partial charge in [0.15, 0.2) is 5.11 Å². The zero-order valence-electron chi connectivity index (χ0n) is 15.3. The summed E-state index contributed by atoms with van der Waals surface area (Å²) in [5.74, 6) is 0.455. The van der Waals surface area contributed by atoms with E-state index in [0.29, 0.717) is 10.9 Å². The molecule has 0 spiro atoms. The Morgan fingerprint density at radius 3 is 2.39 bits per heavy atom. The van der Waals surface area contributed by atoms with Gasteiger partial charge >= 0.3 is 0 Å². The fourth-order valence-electron chi connectivity index (χ4n) is 2.38. The molecule has 1 unspecified atom stereocenters. The Hall–Kier alpha value is -2.90. The number of thiocarbonyl (C=S) groups is 1. The number of aromatic nitrogens is 1. The Labute approximate surface area is 174 Å². The highest BCUT2D eigenvalue weighted by Gasteiger charge is 2.15. The number of amides is 1. The quantitative estimate of drug-likeness (QED) is 0.394. The topological polar surface area (TPSA) is 66.0 Å². The Kier molecular flexibility index (Phi) is 7.00. The van der Waals surface area contributed by atoms with Crippen LogP contribution in [0, 0.1) is 0 Å². The second-order valence-corrected chi connectivity index (χ2v) is 7.76. The van der Waals surface area contributed by atoms with Crippen LogP contribution in [0.5, 0.6) is 0 Å². The molecule has 1 amide bonds. The Bertz CT molecular complexity index is 935. The third-order valence-corrected chi connectivity index (χ3v) is 5.02. The molecule has 0 saturated carbocycles. The van der Waals surface area contributed by atoms with Crippen LogP contribution < -0.4 is 16.0 Å². The van der Waals surface area contributed by atoms with Crippen LogP contribution in [0.2, 0.25) is 0 Å². The lowest BCUT2D eigenvalue weighted by atomic mass is 10.3. The summed E-state index contributed by atoms with van der Waals surface area (Å²) in [5, 5.41) is 9.36. The lowest BCUT2D eigenvalue weighted by Crippen LogP contribution is -2.22. The fraction of sp³-hybridized carbons (Fsp3) is 0.0952. The van der Waals surface area contributed by atoms with Crippen molar-refractivity contribution in [3.05, 3.63) is 79.0 Å². The summed E-state index contributed by atoms with van der Waals surface area (Å²) in [7, 11) is 0. The first-order chi connectivity index (χ1) is 13.6. The lowest BCUT2D eigenvalue weighted by molar-refractivity contribution is -0.115. The maximum atomic E-state index is 12.4. The number of nitrogens with one attached hydrogen (secondary N) is 3. The van der Waals surface area contributed by atoms with Gasteiger partial charge in [-0.1, -0.05) is 30.3 Å². The predicted molar refractivity (Wildman–Crippen MR) is 121 cm³/mol. The molecule has 2 aromatic carbocycles. The molecule has 3 rings (SSSR count). The van der Waals surface area contributed by atoms with Crippen LogP contribution in [0.15, 0.2) is 83.9 Å². The maximum Gasteiger partial charge on any atom is 0.238 e. The molecule has 0 fully saturated rings. The highest BCUT2D eigenvalue weighted by molar-refractivity contribution is 8.00. The molecule has 1 atom stereocenters. The second-order valence-electron chi connectivity index (χ2n) is 5.94. The summed E-state index contributed by atoms with van der Waals surface area (Å²) in [4.78, 5) is 17.4. The smallest absolute Gasteiger partial charge is 0.238 e. The van der Waals surface area contributed by atoms with Crippen molar-refractivity contribution in [2.75, 3.05) is 16.0 Å². The number of nitrogens with zero attached hydrogens (tertiary/aromatic N) is 1. The van der Waals surface area contributed by atoms with E-state index in [-0.39, 0.29) is 11.2 Å². The van der Waals surface area contributed by atoms with Crippen LogP contribution >= 0.6 is 24.0 Å². The van der Waals surface area contributed by atoms with Gasteiger partial charge in [0.2, 0.25) is 5.91 Å². The van der Waals surface area contributed by atoms with Crippen LogP contribution in [-0.4, -0.2) is 21.3 Å². The van der Waals surface area contributed by atoms with E-state index in [4.69, 9.17) is 12.2 Å². The van der Waals surface area contributed by atoms with Crippen molar-refractivity contribution in [1.29, 1.82) is 0 Å². The number of thioether (sulfide) groups is 1. The molecule has 0 radical (unpaired) electrons. The van der Waals surface area contributed by atoms with Crippen LogP contribution in [0.25, 0.3) is 0 Å². The van der Waals surface area contributed by atoms with Crippen molar-refractivity contribution in [3.8, 4) is 0 Å². The number of hydrogen-bond acceptors (Lipinski definition) is 4. The van der Waals surface area contributed by atoms with Gasteiger partial charge in [-0.15, -0.1) is 11.8 Å². The van der Waals surface area contributed by atoms with E-state index < -0.39 is 0 Å². The third kappa shape index (κ3) is 6.07. The van der Waals surface area contributed by atoms with E-state index in [1.807, 2.05) is 73.7 Å². The van der Waals surface area contributed by atoms with Crippen molar-refractivity contribution in [3.63, 3.8) is 0 Å². The summed E-state index contributed by atoms with van der Waals surface area (Å²) < 4.78 is 0. The molecule has 28 heavy (non-hydrogen) atoms. The molecule has 0 aliphatic rings. The van der Waals surface area contributed by atoms with Crippen molar-refractivity contribution in [1.82, 2.24) is 4.98 Å². The van der Waals surface area contributed by atoms with Gasteiger partial charge in [0.05, 0.1) is 5.25 Å². The molecule has 0 aliphatic carbocycles. The molecule has 5 nitrogen and oxygen atoms in total. The molecule has 142 valence electrons. The van der Waals surface area contributed by atoms with Crippen LogP contribution in [0.4, 0.5) is 17.2 Å². The molecule has 3 aromatic rings. The van der Waals surface area contributed by atoms with E-state index in [0.717, 1.165) is 16.3 Å². The number of hydrogen-bond donors (Lipinski definition) is 3. The number of carbonyl (C=O) groups excluding carboxylic acids is 1. The van der Waals surface area contributed by atoms with Gasteiger partial charge in [-0.25, -0.2) is 4.98 Å². The minimum atomic E-state index is -0.272. The van der Waals surface area contributed by atoms with Gasteiger partial charge in [0.25, 0.3) is 0 Å².